The normalized spacial score (nSPS) is 25.4. The lowest BCUT2D eigenvalue weighted by molar-refractivity contribution is 0.116. The van der Waals surface area contributed by atoms with Crippen molar-refractivity contribution in [2.75, 3.05) is 5.32 Å². The summed E-state index contributed by atoms with van der Waals surface area (Å²) in [5.41, 5.74) is 2.10. The van der Waals surface area contributed by atoms with Crippen molar-refractivity contribution in [1.82, 2.24) is 0 Å². The van der Waals surface area contributed by atoms with Gasteiger partial charge in [-0.25, -0.2) is 0 Å². The van der Waals surface area contributed by atoms with Crippen LogP contribution in [0.2, 0.25) is 5.02 Å². The number of nitrogens with one attached hydrogen (secondary N) is 1. The number of anilines is 1. The van der Waals surface area contributed by atoms with Gasteiger partial charge in [0.15, 0.2) is 0 Å². The lowest BCUT2D eigenvalue weighted by atomic mass is 9.92. The zero-order valence-electron chi connectivity index (χ0n) is 9.54. The van der Waals surface area contributed by atoms with Crippen LogP contribution >= 0.6 is 11.6 Å². The Kier molecular flexibility index (Phi) is 3.72. The first-order valence-corrected chi connectivity index (χ1v) is 6.26. The molecule has 0 spiro atoms. The highest BCUT2D eigenvalue weighted by atomic mass is 35.5. The van der Waals surface area contributed by atoms with E-state index in [4.69, 9.17) is 11.6 Å². The molecule has 0 radical (unpaired) electrons. The Hall–Kier alpha value is -0.730. The van der Waals surface area contributed by atoms with Crippen molar-refractivity contribution < 1.29 is 5.11 Å². The second-order valence-corrected chi connectivity index (χ2v) is 4.92. The van der Waals surface area contributed by atoms with E-state index in [-0.39, 0.29) is 12.1 Å². The summed E-state index contributed by atoms with van der Waals surface area (Å²) in [6.45, 7) is 2.00. The molecule has 0 aromatic heterocycles. The van der Waals surface area contributed by atoms with Crippen molar-refractivity contribution in [3.05, 3.63) is 28.8 Å². The summed E-state index contributed by atoms with van der Waals surface area (Å²) in [5, 5.41) is 14.1. The van der Waals surface area contributed by atoms with Crippen LogP contribution in [-0.4, -0.2) is 17.3 Å². The monoisotopic (exact) mass is 239 g/mol. The van der Waals surface area contributed by atoms with Gasteiger partial charge in [-0.2, -0.15) is 0 Å². The van der Waals surface area contributed by atoms with Crippen LogP contribution in [0.5, 0.6) is 0 Å². The Labute approximate surface area is 102 Å². The van der Waals surface area contributed by atoms with Crippen molar-refractivity contribution in [3.63, 3.8) is 0 Å². The van der Waals surface area contributed by atoms with Crippen molar-refractivity contribution in [3.8, 4) is 0 Å². The maximum Gasteiger partial charge on any atom is 0.0741 e. The maximum absolute atomic E-state index is 9.89. The third-order valence-corrected chi connectivity index (χ3v) is 3.75. The van der Waals surface area contributed by atoms with E-state index < -0.39 is 0 Å². The van der Waals surface area contributed by atoms with Crippen molar-refractivity contribution in [1.29, 1.82) is 0 Å². The van der Waals surface area contributed by atoms with Gasteiger partial charge in [0.2, 0.25) is 0 Å². The standard InChI is InChI=1S/C13H18ClNO/c1-9-10(14)5-4-7-11(9)15-12-6-2-3-8-13(12)16/h4-5,7,12-13,15-16H,2-3,6,8H2,1H3/t12-,13-/m1/s1. The summed E-state index contributed by atoms with van der Waals surface area (Å²) in [6.07, 6.45) is 4.03. The molecule has 0 heterocycles. The number of halogens is 1. The van der Waals surface area contributed by atoms with E-state index in [0.717, 1.165) is 35.5 Å². The molecule has 0 unspecified atom stereocenters. The zero-order chi connectivity index (χ0) is 11.5. The van der Waals surface area contributed by atoms with Crippen molar-refractivity contribution in [2.45, 2.75) is 44.8 Å². The first kappa shape index (κ1) is 11.7. The molecule has 1 aromatic rings. The first-order valence-electron chi connectivity index (χ1n) is 5.88. The predicted octanol–water partition coefficient (Wildman–Crippen LogP) is 3.36. The highest BCUT2D eigenvalue weighted by Crippen LogP contribution is 2.27. The number of aliphatic hydroxyl groups excluding tert-OH is 1. The topological polar surface area (TPSA) is 32.3 Å². The molecule has 1 aliphatic rings. The molecule has 88 valence electrons. The average Bonchev–Trinajstić information content (AvgIpc) is 2.28. The molecule has 0 amide bonds. The summed E-state index contributed by atoms with van der Waals surface area (Å²) >= 11 is 6.07. The van der Waals surface area contributed by atoms with Crippen LogP contribution < -0.4 is 5.32 Å². The highest BCUT2D eigenvalue weighted by molar-refractivity contribution is 6.31. The lowest BCUT2D eigenvalue weighted by Crippen LogP contribution is -2.36. The van der Waals surface area contributed by atoms with Gasteiger partial charge in [0.1, 0.15) is 0 Å². The van der Waals surface area contributed by atoms with Gasteiger partial charge < -0.3 is 10.4 Å². The van der Waals surface area contributed by atoms with Gasteiger partial charge in [0, 0.05) is 10.7 Å². The summed E-state index contributed by atoms with van der Waals surface area (Å²) < 4.78 is 0. The average molecular weight is 240 g/mol. The minimum absolute atomic E-state index is 0.172. The van der Waals surface area contributed by atoms with E-state index in [0.29, 0.717) is 0 Å². The number of hydrogen-bond acceptors (Lipinski definition) is 2. The van der Waals surface area contributed by atoms with Crippen LogP contribution in [0.25, 0.3) is 0 Å². The molecule has 1 saturated carbocycles. The van der Waals surface area contributed by atoms with Crippen LogP contribution in [0.4, 0.5) is 5.69 Å². The molecule has 16 heavy (non-hydrogen) atoms. The number of benzene rings is 1. The molecular formula is C13H18ClNO. The van der Waals surface area contributed by atoms with Crippen LogP contribution in [0, 0.1) is 6.92 Å². The summed E-state index contributed by atoms with van der Waals surface area (Å²) in [6, 6.07) is 6.01. The number of aliphatic hydroxyl groups is 1. The fraction of sp³-hybridized carbons (Fsp3) is 0.538. The number of hydrogen-bond donors (Lipinski definition) is 2. The fourth-order valence-electron chi connectivity index (χ4n) is 2.24. The van der Waals surface area contributed by atoms with E-state index in [2.05, 4.69) is 5.32 Å². The van der Waals surface area contributed by atoms with Crippen molar-refractivity contribution in [2.24, 2.45) is 0 Å². The maximum atomic E-state index is 9.89. The largest absolute Gasteiger partial charge is 0.391 e. The van der Waals surface area contributed by atoms with E-state index in [9.17, 15) is 5.11 Å². The lowest BCUT2D eigenvalue weighted by Gasteiger charge is -2.29. The Bertz CT molecular complexity index is 367. The van der Waals surface area contributed by atoms with Gasteiger partial charge >= 0.3 is 0 Å². The quantitative estimate of drug-likeness (QED) is 0.830. The Morgan fingerprint density at radius 2 is 2.06 bits per heavy atom. The Morgan fingerprint density at radius 1 is 1.31 bits per heavy atom. The SMILES string of the molecule is Cc1c(Cl)cccc1N[C@@H]1CCCC[C@H]1O. The molecule has 1 fully saturated rings. The molecular weight excluding hydrogens is 222 g/mol. The molecule has 2 atom stereocenters. The number of rotatable bonds is 2. The van der Waals surface area contributed by atoms with Gasteiger partial charge in [0.05, 0.1) is 12.1 Å². The summed E-state index contributed by atoms with van der Waals surface area (Å²) in [5.74, 6) is 0. The predicted molar refractivity (Wildman–Crippen MR) is 68.1 cm³/mol. The van der Waals surface area contributed by atoms with Crippen LogP contribution in [-0.2, 0) is 0 Å². The fourth-order valence-corrected chi connectivity index (χ4v) is 2.42. The third-order valence-electron chi connectivity index (χ3n) is 3.34. The van der Waals surface area contributed by atoms with Gasteiger partial charge in [-0.05, 0) is 37.5 Å². The molecule has 2 nitrogen and oxygen atoms in total. The van der Waals surface area contributed by atoms with E-state index in [1.54, 1.807) is 0 Å². The molecule has 2 N–H and O–H groups in total. The third kappa shape index (κ3) is 2.50. The minimum atomic E-state index is -0.230. The van der Waals surface area contributed by atoms with Crippen LogP contribution in [0.3, 0.4) is 0 Å². The van der Waals surface area contributed by atoms with Crippen LogP contribution in [0.15, 0.2) is 18.2 Å². The Balaban J connectivity index is 2.10. The second kappa shape index (κ2) is 5.07. The smallest absolute Gasteiger partial charge is 0.0741 e. The van der Waals surface area contributed by atoms with Gasteiger partial charge in [-0.15, -0.1) is 0 Å². The van der Waals surface area contributed by atoms with E-state index in [1.807, 2.05) is 25.1 Å². The Morgan fingerprint density at radius 3 is 2.81 bits per heavy atom. The second-order valence-electron chi connectivity index (χ2n) is 4.52. The highest BCUT2D eigenvalue weighted by Gasteiger charge is 2.23. The van der Waals surface area contributed by atoms with Crippen molar-refractivity contribution >= 4 is 17.3 Å². The molecule has 3 heteroatoms. The molecule has 1 aliphatic carbocycles. The molecule has 0 bridgehead atoms. The zero-order valence-corrected chi connectivity index (χ0v) is 10.3. The molecule has 2 rings (SSSR count). The van der Waals surface area contributed by atoms with E-state index in [1.165, 1.54) is 6.42 Å². The van der Waals surface area contributed by atoms with Gasteiger partial charge in [-0.1, -0.05) is 30.5 Å². The molecule has 1 aromatic carbocycles. The summed E-state index contributed by atoms with van der Waals surface area (Å²) in [4.78, 5) is 0. The van der Waals surface area contributed by atoms with Crippen LogP contribution in [0.1, 0.15) is 31.2 Å². The van der Waals surface area contributed by atoms with Gasteiger partial charge in [0.25, 0.3) is 0 Å². The molecule has 0 aliphatic heterocycles. The van der Waals surface area contributed by atoms with E-state index >= 15 is 0 Å². The van der Waals surface area contributed by atoms with Gasteiger partial charge in [-0.3, -0.25) is 0 Å². The molecule has 0 saturated heterocycles. The minimum Gasteiger partial charge on any atom is -0.391 e. The summed E-state index contributed by atoms with van der Waals surface area (Å²) in [7, 11) is 0. The first-order chi connectivity index (χ1) is 7.68.